The molecule has 3 atom stereocenters. The molecule has 1 N–H and O–H groups in total. The van der Waals surface area contributed by atoms with Crippen LogP contribution in [0.3, 0.4) is 0 Å². The van der Waals surface area contributed by atoms with Crippen molar-refractivity contribution in [1.82, 2.24) is 5.01 Å². The highest BCUT2D eigenvalue weighted by Gasteiger charge is 2.42. The first kappa shape index (κ1) is 13.9. The lowest BCUT2D eigenvalue weighted by atomic mass is 9.97. The Balaban J connectivity index is 1.92. The smallest absolute Gasteiger partial charge is 0.133 e. The Morgan fingerprint density at radius 1 is 1.05 bits per heavy atom. The van der Waals surface area contributed by atoms with E-state index in [4.69, 9.17) is 6.42 Å². The van der Waals surface area contributed by atoms with Crippen LogP contribution in [0, 0.1) is 12.3 Å². The second-order valence-electron chi connectivity index (χ2n) is 5.60. The molecular weight excluding hydrogens is 256 g/mol. The number of hydrogen-bond acceptors (Lipinski definition) is 1. The van der Waals surface area contributed by atoms with Crippen molar-refractivity contribution in [3.05, 3.63) is 71.8 Å². The minimum absolute atomic E-state index is 0.382. The predicted molar refractivity (Wildman–Crippen MR) is 85.4 cm³/mol. The van der Waals surface area contributed by atoms with Crippen LogP contribution in [-0.2, 0) is 0 Å². The van der Waals surface area contributed by atoms with Crippen molar-refractivity contribution >= 4 is 0 Å². The summed E-state index contributed by atoms with van der Waals surface area (Å²) < 4.78 is 0. The van der Waals surface area contributed by atoms with Crippen LogP contribution < -0.4 is 5.01 Å². The number of benzene rings is 2. The molecule has 2 heteroatoms. The summed E-state index contributed by atoms with van der Waals surface area (Å²) in [4.78, 5) is 0. The zero-order valence-electron chi connectivity index (χ0n) is 12.4. The first-order chi connectivity index (χ1) is 10.3. The molecule has 3 unspecified atom stereocenters. The number of hydrogen-bond donors (Lipinski definition) is 1. The Bertz CT molecular complexity index is 615. The van der Waals surface area contributed by atoms with Crippen molar-refractivity contribution in [2.75, 3.05) is 13.6 Å². The van der Waals surface area contributed by atoms with E-state index in [0.29, 0.717) is 18.6 Å². The molecule has 0 aliphatic carbocycles. The van der Waals surface area contributed by atoms with Gasteiger partial charge in [0.15, 0.2) is 0 Å². The van der Waals surface area contributed by atoms with Crippen molar-refractivity contribution in [3.63, 3.8) is 0 Å². The highest BCUT2D eigenvalue weighted by molar-refractivity contribution is 5.23. The topological polar surface area (TPSA) is 7.68 Å². The number of nitrogens with one attached hydrogen (secondary N) is 1. The van der Waals surface area contributed by atoms with Gasteiger partial charge in [0.1, 0.15) is 12.6 Å². The van der Waals surface area contributed by atoms with Gasteiger partial charge < -0.3 is 0 Å². The summed E-state index contributed by atoms with van der Waals surface area (Å²) in [6.45, 7) is 0.675. The highest BCUT2D eigenvalue weighted by Crippen LogP contribution is 2.32. The molecule has 2 aromatic carbocycles. The first-order valence-electron chi connectivity index (χ1n) is 7.44. The van der Waals surface area contributed by atoms with Crippen LogP contribution in [0.1, 0.15) is 29.6 Å². The van der Waals surface area contributed by atoms with Gasteiger partial charge in [-0.05, 0) is 5.56 Å². The summed E-state index contributed by atoms with van der Waals surface area (Å²) in [6, 6.07) is 22.3. The molecule has 2 aromatic rings. The SMILES string of the molecule is C#CCN1C(c2ccccc2)CC(c2ccccc2)[NH+]1C. The predicted octanol–water partition coefficient (Wildman–Crippen LogP) is 2.24. The summed E-state index contributed by atoms with van der Waals surface area (Å²) in [5.41, 5.74) is 2.74. The Morgan fingerprint density at radius 2 is 1.62 bits per heavy atom. The Hall–Kier alpha value is -2.08. The van der Waals surface area contributed by atoms with Gasteiger partial charge in [-0.15, -0.1) is 11.4 Å². The number of terminal acetylenes is 1. The average molecular weight is 277 g/mol. The summed E-state index contributed by atoms with van der Waals surface area (Å²) in [7, 11) is 2.22. The maximum absolute atomic E-state index is 5.59. The van der Waals surface area contributed by atoms with Gasteiger partial charge in [0.25, 0.3) is 0 Å². The van der Waals surface area contributed by atoms with Crippen molar-refractivity contribution in [3.8, 4) is 12.3 Å². The van der Waals surface area contributed by atoms with Gasteiger partial charge in [0, 0.05) is 12.0 Å². The second kappa shape index (κ2) is 6.13. The van der Waals surface area contributed by atoms with E-state index in [1.807, 2.05) is 0 Å². The fourth-order valence-electron chi connectivity index (χ4n) is 3.35. The molecule has 0 amide bonds. The average Bonchev–Trinajstić information content (AvgIpc) is 2.87. The molecular formula is C19H21N2+. The van der Waals surface area contributed by atoms with Gasteiger partial charge in [-0.1, -0.05) is 66.6 Å². The van der Waals surface area contributed by atoms with Crippen LogP contribution >= 0.6 is 0 Å². The van der Waals surface area contributed by atoms with Crippen LogP contribution in [0.5, 0.6) is 0 Å². The monoisotopic (exact) mass is 277 g/mol. The fourth-order valence-corrected chi connectivity index (χ4v) is 3.35. The van der Waals surface area contributed by atoms with E-state index in [1.54, 1.807) is 0 Å². The third-order valence-electron chi connectivity index (χ3n) is 4.44. The van der Waals surface area contributed by atoms with Crippen LogP contribution in [0.25, 0.3) is 0 Å². The highest BCUT2D eigenvalue weighted by atomic mass is 15.7. The number of nitrogens with zero attached hydrogens (tertiary/aromatic N) is 1. The molecule has 1 aliphatic rings. The maximum atomic E-state index is 5.59. The molecule has 106 valence electrons. The Morgan fingerprint density at radius 3 is 2.19 bits per heavy atom. The van der Waals surface area contributed by atoms with Gasteiger partial charge in [0.2, 0.25) is 0 Å². The lowest BCUT2D eigenvalue weighted by Gasteiger charge is -2.26. The molecule has 1 aliphatic heterocycles. The molecule has 0 bridgehead atoms. The number of rotatable bonds is 3. The van der Waals surface area contributed by atoms with Crippen LogP contribution in [0.2, 0.25) is 0 Å². The van der Waals surface area contributed by atoms with Crippen molar-refractivity contribution < 1.29 is 5.01 Å². The molecule has 21 heavy (non-hydrogen) atoms. The molecule has 1 saturated heterocycles. The van der Waals surface area contributed by atoms with E-state index in [1.165, 1.54) is 16.1 Å². The van der Waals surface area contributed by atoms with E-state index in [2.05, 4.69) is 78.6 Å². The van der Waals surface area contributed by atoms with Crippen LogP contribution in [0.4, 0.5) is 0 Å². The number of quaternary nitrogens is 1. The summed E-state index contributed by atoms with van der Waals surface area (Å²) in [6.07, 6.45) is 6.69. The fraction of sp³-hybridized carbons (Fsp3) is 0.263. The molecule has 2 nitrogen and oxygen atoms in total. The van der Waals surface area contributed by atoms with E-state index in [-0.39, 0.29) is 0 Å². The third-order valence-corrected chi connectivity index (χ3v) is 4.44. The Labute approximate surface area is 127 Å². The molecule has 0 spiro atoms. The quantitative estimate of drug-likeness (QED) is 0.846. The minimum Gasteiger partial charge on any atom is -0.249 e. The lowest BCUT2D eigenvalue weighted by Crippen LogP contribution is -3.13. The van der Waals surface area contributed by atoms with E-state index in [9.17, 15) is 0 Å². The standard InChI is InChI=1S/C19H20N2/c1-3-14-21-19(17-12-8-5-9-13-17)15-18(20(21)2)16-10-6-4-7-11-16/h1,4-13,18-19H,14-15H2,2H3/p+1. The van der Waals surface area contributed by atoms with Gasteiger partial charge >= 0.3 is 0 Å². The van der Waals surface area contributed by atoms with Gasteiger partial charge in [-0.3, -0.25) is 0 Å². The molecule has 0 aromatic heterocycles. The summed E-state index contributed by atoms with van der Waals surface area (Å²) in [5, 5.41) is 3.76. The van der Waals surface area contributed by atoms with Gasteiger partial charge in [0.05, 0.1) is 13.1 Å². The molecule has 1 heterocycles. The van der Waals surface area contributed by atoms with Gasteiger partial charge in [-0.2, -0.15) is 0 Å². The van der Waals surface area contributed by atoms with Crippen molar-refractivity contribution in [2.45, 2.75) is 18.5 Å². The van der Waals surface area contributed by atoms with Crippen LogP contribution in [-0.4, -0.2) is 18.6 Å². The summed E-state index contributed by atoms with van der Waals surface area (Å²) >= 11 is 0. The zero-order valence-corrected chi connectivity index (χ0v) is 12.4. The van der Waals surface area contributed by atoms with E-state index >= 15 is 0 Å². The van der Waals surface area contributed by atoms with E-state index < -0.39 is 0 Å². The Kier molecular flexibility index (Phi) is 4.06. The van der Waals surface area contributed by atoms with Crippen molar-refractivity contribution in [2.24, 2.45) is 0 Å². The second-order valence-corrected chi connectivity index (χ2v) is 5.60. The molecule has 1 fully saturated rings. The maximum Gasteiger partial charge on any atom is 0.133 e. The van der Waals surface area contributed by atoms with E-state index in [0.717, 1.165) is 6.42 Å². The molecule has 0 saturated carbocycles. The largest absolute Gasteiger partial charge is 0.249 e. The van der Waals surface area contributed by atoms with Crippen LogP contribution in [0.15, 0.2) is 60.7 Å². The minimum atomic E-state index is 0.382. The zero-order chi connectivity index (χ0) is 14.7. The third kappa shape index (κ3) is 2.71. The summed E-state index contributed by atoms with van der Waals surface area (Å²) in [5.74, 6) is 2.82. The normalized spacial score (nSPS) is 25.6. The van der Waals surface area contributed by atoms with Gasteiger partial charge in [-0.25, -0.2) is 5.01 Å². The molecule has 3 rings (SSSR count). The molecule has 0 radical (unpaired) electrons. The lowest BCUT2D eigenvalue weighted by molar-refractivity contribution is -1.01. The van der Waals surface area contributed by atoms with Crippen molar-refractivity contribution in [1.29, 1.82) is 0 Å². The first-order valence-corrected chi connectivity index (χ1v) is 7.44.